The van der Waals surface area contributed by atoms with Crippen LogP contribution in [0, 0.1) is 0 Å². The lowest BCUT2D eigenvalue weighted by Crippen LogP contribution is -2.35. The molecule has 0 saturated heterocycles. The molecule has 1 aromatic heterocycles. The Hall–Kier alpha value is -4.35. The fourth-order valence-electron chi connectivity index (χ4n) is 4.87. The maximum absolute atomic E-state index is 12.5. The van der Waals surface area contributed by atoms with Gasteiger partial charge in [0.1, 0.15) is 5.75 Å². The number of aromatic nitrogens is 1. The highest BCUT2D eigenvalue weighted by atomic mass is 32.2. The van der Waals surface area contributed by atoms with Crippen molar-refractivity contribution in [1.82, 2.24) is 9.88 Å². The van der Waals surface area contributed by atoms with Crippen molar-refractivity contribution in [1.29, 1.82) is 0 Å². The van der Waals surface area contributed by atoms with Crippen LogP contribution in [-0.4, -0.2) is 82.2 Å². The number of methoxy groups -OCH3 is 1. The number of carbonyl (C=O) groups is 1. The molecule has 5 rings (SSSR count). The van der Waals surface area contributed by atoms with E-state index >= 15 is 0 Å². The molecule has 0 aliphatic carbocycles. The summed E-state index contributed by atoms with van der Waals surface area (Å²) in [6.45, 7) is 1.48. The summed E-state index contributed by atoms with van der Waals surface area (Å²) in [6.07, 6.45) is 1.96. The number of nitrogens with one attached hydrogen (secondary N) is 1. The molecule has 1 aliphatic rings. The topological polar surface area (TPSA) is 125 Å². The third-order valence-corrected chi connectivity index (χ3v) is 8.12. The van der Waals surface area contributed by atoms with Crippen LogP contribution in [0.1, 0.15) is 27.0 Å². The Balaban J connectivity index is 1.61. The average molecular weight is 577 g/mol. The predicted molar refractivity (Wildman–Crippen MR) is 159 cm³/mol. The zero-order chi connectivity index (χ0) is 29.3. The number of nitrogens with zero attached hydrogens (tertiary/aromatic N) is 3. The number of benzene rings is 3. The van der Waals surface area contributed by atoms with E-state index in [1.807, 2.05) is 37.2 Å². The Morgan fingerprint density at radius 1 is 1.05 bits per heavy atom. The minimum atomic E-state index is -3.49. The predicted octanol–water partition coefficient (Wildman–Crippen LogP) is 4.09. The highest BCUT2D eigenvalue weighted by Gasteiger charge is 2.23. The minimum Gasteiger partial charge on any atom is -0.494 e. The molecule has 0 saturated carbocycles. The zero-order valence-electron chi connectivity index (χ0n) is 23.3. The zero-order valence-corrected chi connectivity index (χ0v) is 24.2. The van der Waals surface area contributed by atoms with Crippen molar-refractivity contribution < 1.29 is 27.8 Å². The van der Waals surface area contributed by atoms with Gasteiger partial charge in [-0.2, -0.15) is 0 Å². The van der Waals surface area contributed by atoms with Crippen LogP contribution in [0.4, 0.5) is 11.4 Å². The first-order valence-electron chi connectivity index (χ1n) is 13.1. The Bertz CT molecular complexity index is 1740. The number of carbonyl (C=O) groups excluding carboxylic acids is 1. The van der Waals surface area contributed by atoms with E-state index in [2.05, 4.69) is 4.98 Å². The molecule has 0 unspecified atom stereocenters. The molecule has 0 fully saturated rings. The van der Waals surface area contributed by atoms with Gasteiger partial charge >= 0.3 is 5.97 Å². The quantitative estimate of drug-likeness (QED) is 0.227. The second-order valence-corrected chi connectivity index (χ2v) is 12.0. The number of aliphatic imine (C=N–C) groups is 1. The van der Waals surface area contributed by atoms with Gasteiger partial charge in [0, 0.05) is 36.0 Å². The molecule has 11 heteroatoms. The van der Waals surface area contributed by atoms with Crippen molar-refractivity contribution in [2.24, 2.45) is 4.99 Å². The fourth-order valence-corrected chi connectivity index (χ4v) is 5.78. The lowest BCUT2D eigenvalue weighted by Gasteiger charge is -2.24. The van der Waals surface area contributed by atoms with Gasteiger partial charge in [0.2, 0.25) is 10.0 Å². The van der Waals surface area contributed by atoms with Gasteiger partial charge in [-0.1, -0.05) is 6.07 Å². The van der Waals surface area contributed by atoms with Gasteiger partial charge in [0.25, 0.3) is 0 Å². The summed E-state index contributed by atoms with van der Waals surface area (Å²) in [4.78, 5) is 21.9. The molecule has 4 aromatic rings. The first-order valence-corrected chi connectivity index (χ1v) is 14.9. The molecule has 214 valence electrons. The second-order valence-electron chi connectivity index (χ2n) is 10.1. The van der Waals surface area contributed by atoms with Gasteiger partial charge in [-0.05, 0) is 74.3 Å². The monoisotopic (exact) mass is 576 g/mol. The molecule has 0 spiro atoms. The van der Waals surface area contributed by atoms with E-state index < -0.39 is 16.0 Å². The third kappa shape index (κ3) is 5.91. The standard InChI is InChI=1S/C30H32N4O6S/c1-33(2)14-15-34(41(4,37)38)23-9-7-22(8-10-23)31-28(20-6-12-26-19(17-20)13-16-40-26)27-24-11-5-21(30(36)39-3)18-25(24)32-29(27)35/h5-12,17-18,32,35H,13-16H2,1-4H3. The van der Waals surface area contributed by atoms with Crippen molar-refractivity contribution >= 4 is 44.0 Å². The van der Waals surface area contributed by atoms with Gasteiger partial charge in [-0.3, -0.25) is 4.31 Å². The second kappa shape index (κ2) is 11.3. The lowest BCUT2D eigenvalue weighted by atomic mass is 9.98. The maximum Gasteiger partial charge on any atom is 0.337 e. The number of H-pyrrole nitrogens is 1. The Kier molecular flexibility index (Phi) is 7.74. The Morgan fingerprint density at radius 3 is 2.46 bits per heavy atom. The fraction of sp³-hybridized carbons (Fsp3) is 0.267. The van der Waals surface area contributed by atoms with Gasteiger partial charge in [0.15, 0.2) is 5.88 Å². The van der Waals surface area contributed by atoms with Crippen molar-refractivity contribution in [2.45, 2.75) is 6.42 Å². The molecule has 2 N–H and O–H groups in total. The van der Waals surface area contributed by atoms with E-state index in [0.29, 0.717) is 58.8 Å². The number of aromatic amines is 1. The SMILES string of the molecule is COC(=O)c1ccc2c(C(=Nc3ccc(N(CCN(C)C)S(C)(=O)=O)cc3)c3ccc4c(c3)CCO4)c(O)[nH]c2c1. The van der Waals surface area contributed by atoms with Crippen LogP contribution in [0.5, 0.6) is 11.6 Å². The molecule has 3 aromatic carbocycles. The summed E-state index contributed by atoms with van der Waals surface area (Å²) >= 11 is 0. The van der Waals surface area contributed by atoms with E-state index in [0.717, 1.165) is 23.3 Å². The van der Waals surface area contributed by atoms with E-state index in [1.165, 1.54) is 17.7 Å². The first kappa shape index (κ1) is 28.2. The summed E-state index contributed by atoms with van der Waals surface area (Å²) in [5.41, 5.74) is 4.81. The summed E-state index contributed by atoms with van der Waals surface area (Å²) in [6, 6.07) is 17.8. The highest BCUT2D eigenvalue weighted by Crippen LogP contribution is 2.35. The minimum absolute atomic E-state index is 0.0962. The average Bonchev–Trinajstić information content (AvgIpc) is 3.53. The number of hydrogen-bond acceptors (Lipinski definition) is 8. The van der Waals surface area contributed by atoms with E-state index in [9.17, 15) is 18.3 Å². The molecule has 0 bridgehead atoms. The number of anilines is 1. The Labute approximate surface area is 238 Å². The van der Waals surface area contributed by atoms with E-state index in [-0.39, 0.29) is 5.88 Å². The van der Waals surface area contributed by atoms with Gasteiger partial charge < -0.3 is 24.5 Å². The lowest BCUT2D eigenvalue weighted by molar-refractivity contribution is 0.0601. The van der Waals surface area contributed by atoms with E-state index in [4.69, 9.17) is 14.5 Å². The number of aromatic hydroxyl groups is 1. The molecular weight excluding hydrogens is 544 g/mol. The summed E-state index contributed by atoms with van der Waals surface area (Å²) in [7, 11) is 1.61. The van der Waals surface area contributed by atoms with Gasteiger partial charge in [-0.25, -0.2) is 18.2 Å². The van der Waals surface area contributed by atoms with Crippen LogP contribution in [-0.2, 0) is 21.2 Å². The van der Waals surface area contributed by atoms with Crippen molar-refractivity contribution in [3.63, 3.8) is 0 Å². The number of esters is 1. The highest BCUT2D eigenvalue weighted by molar-refractivity contribution is 7.92. The van der Waals surface area contributed by atoms with Crippen LogP contribution in [0.15, 0.2) is 65.7 Å². The number of sulfonamides is 1. The first-order chi connectivity index (χ1) is 19.5. The normalized spacial score (nSPS) is 13.3. The molecule has 0 atom stereocenters. The van der Waals surface area contributed by atoms with Crippen molar-refractivity contribution in [3.8, 4) is 11.6 Å². The number of hydrogen-bond donors (Lipinski definition) is 2. The molecule has 41 heavy (non-hydrogen) atoms. The molecule has 10 nitrogen and oxygen atoms in total. The van der Waals surface area contributed by atoms with E-state index in [1.54, 1.807) is 42.5 Å². The number of likely N-dealkylation sites (N-methyl/N-ethyl adjacent to an activating group) is 1. The van der Waals surface area contributed by atoms with Crippen LogP contribution in [0.2, 0.25) is 0 Å². The van der Waals surface area contributed by atoms with Gasteiger partial charge in [0.05, 0.1) is 48.2 Å². The number of ether oxygens (including phenoxy) is 2. The van der Waals surface area contributed by atoms with Crippen LogP contribution >= 0.6 is 0 Å². The summed E-state index contributed by atoms with van der Waals surface area (Å²) < 4.78 is 36.9. The molecule has 1 aliphatic heterocycles. The van der Waals surface area contributed by atoms with Crippen molar-refractivity contribution in [3.05, 3.63) is 82.9 Å². The molecule has 2 heterocycles. The van der Waals surface area contributed by atoms with Crippen LogP contribution in [0.3, 0.4) is 0 Å². The third-order valence-electron chi connectivity index (χ3n) is 6.93. The number of rotatable bonds is 9. The number of fused-ring (bicyclic) bond motifs is 2. The Morgan fingerprint density at radius 2 is 1.78 bits per heavy atom. The smallest absolute Gasteiger partial charge is 0.337 e. The van der Waals surface area contributed by atoms with Crippen molar-refractivity contribution in [2.75, 3.05) is 51.5 Å². The largest absolute Gasteiger partial charge is 0.494 e. The van der Waals surface area contributed by atoms with Crippen LogP contribution < -0.4 is 9.04 Å². The molecular formula is C30H32N4O6S. The summed E-state index contributed by atoms with van der Waals surface area (Å²) in [5, 5.41) is 11.8. The van der Waals surface area contributed by atoms with Gasteiger partial charge in [-0.15, -0.1) is 0 Å². The molecule has 0 radical (unpaired) electrons. The van der Waals surface area contributed by atoms with Crippen LogP contribution in [0.25, 0.3) is 10.9 Å². The summed E-state index contributed by atoms with van der Waals surface area (Å²) in [5.74, 6) is 0.242. The maximum atomic E-state index is 12.5. The molecule has 0 amide bonds.